The molecule has 0 saturated heterocycles. The highest BCUT2D eigenvalue weighted by atomic mass is 19.1. The molecule has 1 unspecified atom stereocenters. The zero-order valence-corrected chi connectivity index (χ0v) is 13.3. The quantitative estimate of drug-likeness (QED) is 0.860. The van der Waals surface area contributed by atoms with Gasteiger partial charge in [0.15, 0.2) is 0 Å². The number of ether oxygens (including phenoxy) is 1. The van der Waals surface area contributed by atoms with Crippen molar-refractivity contribution in [1.82, 2.24) is 0 Å². The fraction of sp³-hybridized carbons (Fsp3) is 0.333. The highest BCUT2D eigenvalue weighted by Gasteiger charge is 2.14. The molecule has 0 fully saturated rings. The second-order valence-electron chi connectivity index (χ2n) is 5.52. The van der Waals surface area contributed by atoms with Gasteiger partial charge in [-0.3, -0.25) is 0 Å². The van der Waals surface area contributed by atoms with Crippen molar-refractivity contribution >= 4 is 5.69 Å². The average molecular weight is 287 g/mol. The second-order valence-corrected chi connectivity index (χ2v) is 5.52. The number of benzene rings is 2. The van der Waals surface area contributed by atoms with Gasteiger partial charge in [-0.2, -0.15) is 0 Å². The largest absolute Gasteiger partial charge is 0.494 e. The highest BCUT2D eigenvalue weighted by molar-refractivity contribution is 5.58. The molecule has 0 radical (unpaired) electrons. The van der Waals surface area contributed by atoms with Crippen molar-refractivity contribution in [3.8, 4) is 5.75 Å². The highest BCUT2D eigenvalue weighted by Crippen LogP contribution is 2.31. The lowest BCUT2D eigenvalue weighted by Gasteiger charge is -2.22. The van der Waals surface area contributed by atoms with Crippen LogP contribution in [0.1, 0.15) is 35.2 Å². The van der Waals surface area contributed by atoms with Gasteiger partial charge in [-0.25, -0.2) is 4.39 Å². The minimum Gasteiger partial charge on any atom is -0.494 e. The lowest BCUT2D eigenvalue weighted by Crippen LogP contribution is -2.11. The number of nitrogens with one attached hydrogen (secondary N) is 1. The normalized spacial score (nSPS) is 12.1. The van der Waals surface area contributed by atoms with E-state index in [0.717, 1.165) is 5.69 Å². The van der Waals surface area contributed by atoms with Crippen LogP contribution in [-0.2, 0) is 0 Å². The van der Waals surface area contributed by atoms with E-state index in [1.165, 1.54) is 34.4 Å². The molecular formula is C18H22FNO. The van der Waals surface area contributed by atoms with Crippen LogP contribution < -0.4 is 10.1 Å². The Morgan fingerprint density at radius 2 is 1.67 bits per heavy atom. The van der Waals surface area contributed by atoms with Gasteiger partial charge >= 0.3 is 0 Å². The topological polar surface area (TPSA) is 21.3 Å². The first-order valence-corrected chi connectivity index (χ1v) is 7.10. The molecule has 0 aliphatic carbocycles. The first kappa shape index (κ1) is 15.4. The summed E-state index contributed by atoms with van der Waals surface area (Å²) in [6, 6.07) is 9.02. The second kappa shape index (κ2) is 6.17. The SMILES string of the molecule is COc1cc(F)ccc1NC(C)c1c(C)cc(C)cc1C. The van der Waals surface area contributed by atoms with Crippen molar-refractivity contribution in [2.24, 2.45) is 0 Å². The van der Waals surface area contributed by atoms with Crippen LogP contribution in [0.5, 0.6) is 5.75 Å². The van der Waals surface area contributed by atoms with Crippen LogP contribution in [0.3, 0.4) is 0 Å². The molecule has 1 atom stereocenters. The molecule has 2 aromatic rings. The van der Waals surface area contributed by atoms with Crippen molar-refractivity contribution in [2.75, 3.05) is 12.4 Å². The fourth-order valence-electron chi connectivity index (χ4n) is 2.96. The monoisotopic (exact) mass is 287 g/mol. The molecule has 0 amide bonds. The van der Waals surface area contributed by atoms with Crippen LogP contribution in [-0.4, -0.2) is 7.11 Å². The van der Waals surface area contributed by atoms with Crippen molar-refractivity contribution in [1.29, 1.82) is 0 Å². The van der Waals surface area contributed by atoms with Gasteiger partial charge in [-0.15, -0.1) is 0 Å². The third kappa shape index (κ3) is 3.35. The summed E-state index contributed by atoms with van der Waals surface area (Å²) in [5.41, 5.74) is 5.85. The predicted octanol–water partition coefficient (Wildman–Crippen LogP) is 4.93. The molecule has 0 heterocycles. The van der Waals surface area contributed by atoms with Crippen molar-refractivity contribution in [3.05, 3.63) is 58.4 Å². The third-order valence-corrected chi connectivity index (χ3v) is 3.71. The minimum absolute atomic E-state index is 0.116. The van der Waals surface area contributed by atoms with Gasteiger partial charge in [0.05, 0.1) is 12.8 Å². The maximum Gasteiger partial charge on any atom is 0.144 e. The average Bonchev–Trinajstić information content (AvgIpc) is 2.39. The molecule has 0 aliphatic rings. The molecule has 0 bridgehead atoms. The summed E-state index contributed by atoms with van der Waals surface area (Å²) in [7, 11) is 1.55. The van der Waals surface area contributed by atoms with Crippen LogP contribution in [0.25, 0.3) is 0 Å². The van der Waals surface area contributed by atoms with Gasteiger partial charge in [0.25, 0.3) is 0 Å². The Balaban J connectivity index is 2.32. The summed E-state index contributed by atoms with van der Waals surface area (Å²) in [6.45, 7) is 8.45. The van der Waals surface area contributed by atoms with E-state index in [-0.39, 0.29) is 11.9 Å². The van der Waals surface area contributed by atoms with Crippen LogP contribution in [0, 0.1) is 26.6 Å². The van der Waals surface area contributed by atoms with E-state index in [9.17, 15) is 4.39 Å². The number of hydrogen-bond acceptors (Lipinski definition) is 2. The van der Waals surface area contributed by atoms with Crippen LogP contribution in [0.15, 0.2) is 30.3 Å². The Morgan fingerprint density at radius 3 is 2.24 bits per heavy atom. The Morgan fingerprint density at radius 1 is 1.05 bits per heavy atom. The van der Waals surface area contributed by atoms with Crippen LogP contribution in [0.2, 0.25) is 0 Å². The van der Waals surface area contributed by atoms with Gasteiger partial charge in [0, 0.05) is 12.1 Å². The summed E-state index contributed by atoms with van der Waals surface area (Å²) >= 11 is 0. The molecule has 1 N–H and O–H groups in total. The summed E-state index contributed by atoms with van der Waals surface area (Å²) < 4.78 is 18.5. The van der Waals surface area contributed by atoms with Crippen LogP contribution in [0.4, 0.5) is 10.1 Å². The molecule has 0 aliphatic heterocycles. The van der Waals surface area contributed by atoms with Gasteiger partial charge in [-0.05, 0) is 56.5 Å². The molecule has 2 nitrogen and oxygen atoms in total. The van der Waals surface area contributed by atoms with E-state index in [1.807, 2.05) is 0 Å². The number of hydrogen-bond donors (Lipinski definition) is 1. The Kier molecular flexibility index (Phi) is 4.51. The first-order chi connectivity index (χ1) is 9.92. The fourth-order valence-corrected chi connectivity index (χ4v) is 2.96. The molecule has 0 saturated carbocycles. The Labute approximate surface area is 126 Å². The zero-order chi connectivity index (χ0) is 15.6. The minimum atomic E-state index is -0.298. The number of methoxy groups -OCH3 is 1. The molecule has 2 aromatic carbocycles. The summed E-state index contributed by atoms with van der Waals surface area (Å²) in [4.78, 5) is 0. The summed E-state index contributed by atoms with van der Waals surface area (Å²) in [5.74, 6) is 0.219. The zero-order valence-electron chi connectivity index (χ0n) is 13.3. The van der Waals surface area contributed by atoms with E-state index >= 15 is 0 Å². The number of rotatable bonds is 4. The van der Waals surface area contributed by atoms with E-state index in [1.54, 1.807) is 13.2 Å². The van der Waals surface area contributed by atoms with Crippen molar-refractivity contribution < 1.29 is 9.13 Å². The number of aryl methyl sites for hydroxylation is 3. The van der Waals surface area contributed by atoms with Gasteiger partial charge in [-0.1, -0.05) is 17.7 Å². The molecular weight excluding hydrogens is 265 g/mol. The lowest BCUT2D eigenvalue weighted by molar-refractivity contribution is 0.412. The summed E-state index contributed by atoms with van der Waals surface area (Å²) in [5, 5.41) is 3.41. The van der Waals surface area contributed by atoms with Gasteiger partial charge in [0.1, 0.15) is 11.6 Å². The van der Waals surface area contributed by atoms with Crippen LogP contribution >= 0.6 is 0 Å². The van der Waals surface area contributed by atoms with E-state index in [2.05, 4.69) is 45.1 Å². The van der Waals surface area contributed by atoms with E-state index < -0.39 is 0 Å². The molecule has 112 valence electrons. The maximum absolute atomic E-state index is 13.3. The van der Waals surface area contributed by atoms with E-state index in [4.69, 9.17) is 4.74 Å². The lowest BCUT2D eigenvalue weighted by atomic mass is 9.94. The van der Waals surface area contributed by atoms with Gasteiger partial charge < -0.3 is 10.1 Å². The number of anilines is 1. The van der Waals surface area contributed by atoms with E-state index in [0.29, 0.717) is 5.75 Å². The Bertz CT molecular complexity index is 629. The van der Waals surface area contributed by atoms with Crippen molar-refractivity contribution in [3.63, 3.8) is 0 Å². The Hall–Kier alpha value is -2.03. The smallest absolute Gasteiger partial charge is 0.144 e. The standard InChI is InChI=1S/C18H22FNO/c1-11-8-12(2)18(13(3)9-11)14(4)20-16-7-6-15(19)10-17(16)21-5/h6-10,14,20H,1-5H3. The maximum atomic E-state index is 13.3. The number of halogens is 1. The third-order valence-electron chi connectivity index (χ3n) is 3.71. The first-order valence-electron chi connectivity index (χ1n) is 7.10. The molecule has 0 aromatic heterocycles. The molecule has 3 heteroatoms. The molecule has 21 heavy (non-hydrogen) atoms. The summed E-state index contributed by atoms with van der Waals surface area (Å²) in [6.07, 6.45) is 0. The van der Waals surface area contributed by atoms with Crippen molar-refractivity contribution in [2.45, 2.75) is 33.7 Å². The predicted molar refractivity (Wildman–Crippen MR) is 85.6 cm³/mol. The molecule has 2 rings (SSSR count). The van der Waals surface area contributed by atoms with Gasteiger partial charge in [0.2, 0.25) is 0 Å². The molecule has 0 spiro atoms.